The minimum absolute atomic E-state index is 0.0458. The van der Waals surface area contributed by atoms with Crippen LogP contribution in [0.3, 0.4) is 0 Å². The Hall–Kier alpha value is -2.81. The predicted octanol–water partition coefficient (Wildman–Crippen LogP) is 1.85. The fourth-order valence-electron chi connectivity index (χ4n) is 2.34. The second-order valence-electron chi connectivity index (χ2n) is 4.95. The fraction of sp³-hybridized carbons (Fsp3) is 0.143. The third kappa shape index (κ3) is 2.78. The lowest BCUT2D eigenvalue weighted by molar-refractivity contribution is -0.385. The Morgan fingerprint density at radius 1 is 1.13 bits per heavy atom. The van der Waals surface area contributed by atoms with Crippen LogP contribution in [0.5, 0.6) is 0 Å². The summed E-state index contributed by atoms with van der Waals surface area (Å²) in [4.78, 5) is 12.0. The molecule has 8 nitrogen and oxygen atoms in total. The number of nitrogens with zero attached hydrogens (tertiary/aromatic N) is 4. The molecule has 0 aliphatic heterocycles. The molecular weight excluding hydrogens is 320 g/mol. The highest BCUT2D eigenvalue weighted by Crippen LogP contribution is 2.29. The first-order valence-electron chi connectivity index (χ1n) is 6.63. The number of nitro benzene ring substituents is 1. The van der Waals surface area contributed by atoms with Gasteiger partial charge in [0.1, 0.15) is 11.0 Å². The van der Waals surface area contributed by atoms with Gasteiger partial charge in [0, 0.05) is 13.1 Å². The van der Waals surface area contributed by atoms with E-state index in [0.29, 0.717) is 5.52 Å². The fourth-order valence-corrected chi connectivity index (χ4v) is 3.75. The summed E-state index contributed by atoms with van der Waals surface area (Å²) in [5.41, 5.74) is 0.402. The number of benzene rings is 2. The van der Waals surface area contributed by atoms with Crippen molar-refractivity contribution >= 4 is 26.6 Å². The van der Waals surface area contributed by atoms with Gasteiger partial charge in [-0.25, -0.2) is 8.42 Å². The van der Waals surface area contributed by atoms with E-state index in [9.17, 15) is 18.5 Å². The van der Waals surface area contributed by atoms with Crippen LogP contribution in [0.1, 0.15) is 5.56 Å². The molecule has 3 aromatic rings. The smallest absolute Gasteiger partial charge is 0.258 e. The predicted molar refractivity (Wildman–Crippen MR) is 82.5 cm³/mol. The minimum Gasteiger partial charge on any atom is -0.258 e. The topological polar surface area (TPSA) is 108 Å². The molecule has 0 saturated heterocycles. The van der Waals surface area contributed by atoms with Crippen molar-refractivity contribution in [2.24, 2.45) is 7.05 Å². The van der Waals surface area contributed by atoms with Crippen molar-refractivity contribution in [2.45, 2.75) is 10.6 Å². The quantitative estimate of drug-likeness (QED) is 0.533. The Kier molecular flexibility index (Phi) is 3.57. The molecule has 0 N–H and O–H groups in total. The number of fused-ring (bicyclic) bond motifs is 1. The average molecular weight is 332 g/mol. The Labute approximate surface area is 131 Å². The van der Waals surface area contributed by atoms with Crippen LogP contribution in [0.25, 0.3) is 11.0 Å². The number of hydrogen-bond acceptors (Lipinski definition) is 6. The van der Waals surface area contributed by atoms with Gasteiger partial charge in [0.05, 0.1) is 21.1 Å². The van der Waals surface area contributed by atoms with E-state index in [1.54, 1.807) is 25.2 Å². The summed E-state index contributed by atoms with van der Waals surface area (Å²) in [6.07, 6.45) is 0. The molecule has 2 aromatic carbocycles. The van der Waals surface area contributed by atoms with Crippen molar-refractivity contribution in [2.75, 3.05) is 0 Å². The van der Waals surface area contributed by atoms with E-state index in [1.807, 2.05) is 0 Å². The zero-order valence-electron chi connectivity index (χ0n) is 12.1. The molecule has 0 fully saturated rings. The molecule has 0 aliphatic carbocycles. The van der Waals surface area contributed by atoms with Crippen LogP contribution in [0.15, 0.2) is 47.4 Å². The summed E-state index contributed by atoms with van der Waals surface area (Å²) in [7, 11) is -2.16. The highest BCUT2D eigenvalue weighted by atomic mass is 32.2. The van der Waals surface area contributed by atoms with E-state index in [4.69, 9.17) is 0 Å². The van der Waals surface area contributed by atoms with E-state index in [1.165, 1.54) is 29.1 Å². The summed E-state index contributed by atoms with van der Waals surface area (Å²) in [5.74, 6) is -0.511. The number of sulfone groups is 1. The molecule has 0 atom stereocenters. The third-order valence-corrected chi connectivity index (χ3v) is 5.03. The normalized spacial score (nSPS) is 11.7. The van der Waals surface area contributed by atoms with Crippen molar-refractivity contribution in [1.82, 2.24) is 15.0 Å². The number of hydrogen-bond donors (Lipinski definition) is 0. The molecule has 9 heteroatoms. The zero-order valence-corrected chi connectivity index (χ0v) is 12.9. The number of nitro groups is 1. The maximum Gasteiger partial charge on any atom is 0.276 e. The SMILES string of the molecule is Cn1nc2ccc([N+](=O)[O-])c(CS(=O)(=O)c3ccccc3)c2n1. The summed E-state index contributed by atoms with van der Waals surface area (Å²) < 4.78 is 25.1. The van der Waals surface area contributed by atoms with E-state index in [0.717, 1.165) is 0 Å². The molecule has 0 radical (unpaired) electrons. The third-order valence-electron chi connectivity index (χ3n) is 3.37. The first-order valence-corrected chi connectivity index (χ1v) is 8.29. The van der Waals surface area contributed by atoms with Crippen LogP contribution in [0.4, 0.5) is 5.69 Å². The second kappa shape index (κ2) is 5.43. The van der Waals surface area contributed by atoms with Crippen LogP contribution in [-0.2, 0) is 22.6 Å². The van der Waals surface area contributed by atoms with Gasteiger partial charge >= 0.3 is 0 Å². The maximum atomic E-state index is 12.5. The van der Waals surface area contributed by atoms with Crippen LogP contribution in [-0.4, -0.2) is 28.3 Å². The largest absolute Gasteiger partial charge is 0.276 e. The molecular formula is C14H12N4O4S. The summed E-state index contributed by atoms with van der Waals surface area (Å²) >= 11 is 0. The molecule has 1 aromatic heterocycles. The zero-order chi connectivity index (χ0) is 16.6. The van der Waals surface area contributed by atoms with Gasteiger partial charge in [-0.15, -0.1) is 0 Å². The first kappa shape index (κ1) is 15.1. The molecule has 0 saturated carbocycles. The molecule has 0 amide bonds. The van der Waals surface area contributed by atoms with E-state index in [2.05, 4.69) is 10.2 Å². The lowest BCUT2D eigenvalue weighted by Gasteiger charge is -2.06. The summed E-state index contributed by atoms with van der Waals surface area (Å²) in [5, 5.41) is 19.4. The van der Waals surface area contributed by atoms with Gasteiger partial charge in [0.15, 0.2) is 9.84 Å². The van der Waals surface area contributed by atoms with Crippen molar-refractivity contribution < 1.29 is 13.3 Å². The van der Waals surface area contributed by atoms with Gasteiger partial charge in [0.2, 0.25) is 0 Å². The Morgan fingerprint density at radius 2 is 1.83 bits per heavy atom. The highest BCUT2D eigenvalue weighted by Gasteiger charge is 2.26. The van der Waals surface area contributed by atoms with Crippen molar-refractivity contribution in [1.29, 1.82) is 0 Å². The highest BCUT2D eigenvalue weighted by molar-refractivity contribution is 7.90. The monoisotopic (exact) mass is 332 g/mol. The van der Waals surface area contributed by atoms with Gasteiger partial charge in [-0.1, -0.05) is 18.2 Å². The van der Waals surface area contributed by atoms with Gasteiger partial charge in [-0.2, -0.15) is 15.0 Å². The standard InChI is InChI=1S/C14H12N4O4S/c1-17-15-12-7-8-13(18(19)20)11(14(12)16-17)9-23(21,22)10-5-3-2-4-6-10/h2-8H,9H2,1H3. The van der Waals surface area contributed by atoms with Crippen LogP contribution < -0.4 is 0 Å². The molecule has 0 spiro atoms. The maximum absolute atomic E-state index is 12.5. The molecule has 0 unspecified atom stereocenters. The molecule has 0 aliphatic rings. The Balaban J connectivity index is 2.19. The molecule has 3 rings (SSSR count). The van der Waals surface area contributed by atoms with E-state index >= 15 is 0 Å². The lowest BCUT2D eigenvalue weighted by Crippen LogP contribution is -2.08. The number of aryl methyl sites for hydroxylation is 1. The van der Waals surface area contributed by atoms with Crippen LogP contribution >= 0.6 is 0 Å². The summed E-state index contributed by atoms with van der Waals surface area (Å²) in [6, 6.07) is 10.5. The molecule has 118 valence electrons. The number of rotatable bonds is 4. The van der Waals surface area contributed by atoms with Gasteiger partial charge in [-0.3, -0.25) is 10.1 Å². The van der Waals surface area contributed by atoms with Crippen LogP contribution in [0, 0.1) is 10.1 Å². The van der Waals surface area contributed by atoms with Crippen molar-refractivity contribution in [3.05, 3.63) is 58.1 Å². The second-order valence-corrected chi connectivity index (χ2v) is 6.94. The minimum atomic E-state index is -3.73. The van der Waals surface area contributed by atoms with Crippen molar-refractivity contribution in [3.63, 3.8) is 0 Å². The van der Waals surface area contributed by atoms with E-state index < -0.39 is 20.5 Å². The Morgan fingerprint density at radius 3 is 2.48 bits per heavy atom. The molecule has 23 heavy (non-hydrogen) atoms. The Bertz CT molecular complexity index is 996. The summed E-state index contributed by atoms with van der Waals surface area (Å²) in [6.45, 7) is 0. The number of aromatic nitrogens is 3. The van der Waals surface area contributed by atoms with Gasteiger partial charge in [0.25, 0.3) is 5.69 Å². The van der Waals surface area contributed by atoms with Crippen LogP contribution in [0.2, 0.25) is 0 Å². The molecule has 0 bridgehead atoms. The first-order chi connectivity index (χ1) is 10.9. The average Bonchev–Trinajstić information content (AvgIpc) is 2.89. The van der Waals surface area contributed by atoms with Gasteiger partial charge in [-0.05, 0) is 18.2 Å². The molecule has 1 heterocycles. The van der Waals surface area contributed by atoms with Crippen molar-refractivity contribution in [3.8, 4) is 0 Å². The lowest BCUT2D eigenvalue weighted by atomic mass is 10.1. The van der Waals surface area contributed by atoms with E-state index in [-0.39, 0.29) is 21.7 Å². The van der Waals surface area contributed by atoms with Gasteiger partial charge < -0.3 is 0 Å².